The van der Waals surface area contributed by atoms with Gasteiger partial charge >= 0.3 is 0 Å². The SMILES string of the molecule is CCc1nn(C)c(CC)c1CC(=O)N[C@H](CS(C)(=O)=O)c1ccccc1. The van der Waals surface area contributed by atoms with Crippen molar-refractivity contribution in [2.45, 2.75) is 39.2 Å². The van der Waals surface area contributed by atoms with Crippen LogP contribution in [0.3, 0.4) is 0 Å². The van der Waals surface area contributed by atoms with Crippen LogP contribution in [-0.2, 0) is 40.9 Å². The molecule has 2 rings (SSSR count). The molecule has 1 amide bonds. The number of carbonyl (C=O) groups excluding carboxylic acids is 1. The largest absolute Gasteiger partial charge is 0.348 e. The molecule has 0 unspecified atom stereocenters. The Hall–Kier alpha value is -2.15. The van der Waals surface area contributed by atoms with Gasteiger partial charge in [0.05, 0.1) is 23.9 Å². The van der Waals surface area contributed by atoms with Crippen LogP contribution in [0, 0.1) is 0 Å². The summed E-state index contributed by atoms with van der Waals surface area (Å²) in [6.45, 7) is 4.05. The fraction of sp³-hybridized carbons (Fsp3) is 0.474. The number of hydrogen-bond acceptors (Lipinski definition) is 4. The highest BCUT2D eigenvalue weighted by Crippen LogP contribution is 2.18. The van der Waals surface area contributed by atoms with Gasteiger partial charge < -0.3 is 5.32 Å². The molecule has 0 aliphatic heterocycles. The molecule has 0 aliphatic carbocycles. The topological polar surface area (TPSA) is 81.1 Å². The second-order valence-corrected chi connectivity index (χ2v) is 8.69. The summed E-state index contributed by atoms with van der Waals surface area (Å²) in [6, 6.07) is 8.62. The summed E-state index contributed by atoms with van der Waals surface area (Å²) < 4.78 is 25.4. The molecule has 0 radical (unpaired) electrons. The molecule has 26 heavy (non-hydrogen) atoms. The van der Waals surface area contributed by atoms with E-state index >= 15 is 0 Å². The molecule has 142 valence electrons. The van der Waals surface area contributed by atoms with Crippen LogP contribution in [0.5, 0.6) is 0 Å². The number of carbonyl (C=O) groups is 1. The van der Waals surface area contributed by atoms with Crippen LogP contribution < -0.4 is 5.32 Å². The Bertz CT molecular complexity index is 858. The number of aryl methyl sites for hydroxylation is 2. The first-order valence-corrected chi connectivity index (χ1v) is 10.9. The predicted molar refractivity (Wildman–Crippen MR) is 103 cm³/mol. The zero-order valence-electron chi connectivity index (χ0n) is 15.8. The van der Waals surface area contributed by atoms with Gasteiger partial charge in [0, 0.05) is 24.6 Å². The highest BCUT2D eigenvalue weighted by molar-refractivity contribution is 7.90. The minimum absolute atomic E-state index is 0.128. The van der Waals surface area contributed by atoms with E-state index in [1.807, 2.05) is 55.9 Å². The van der Waals surface area contributed by atoms with E-state index in [0.29, 0.717) is 0 Å². The van der Waals surface area contributed by atoms with E-state index in [4.69, 9.17) is 0 Å². The molecule has 7 heteroatoms. The Morgan fingerprint density at radius 3 is 2.38 bits per heavy atom. The van der Waals surface area contributed by atoms with Gasteiger partial charge in [0.15, 0.2) is 0 Å². The maximum absolute atomic E-state index is 12.7. The van der Waals surface area contributed by atoms with Gasteiger partial charge in [-0.05, 0) is 18.4 Å². The zero-order valence-corrected chi connectivity index (χ0v) is 16.6. The maximum Gasteiger partial charge on any atom is 0.225 e. The number of nitrogens with zero attached hydrogens (tertiary/aromatic N) is 2. The van der Waals surface area contributed by atoms with Crippen molar-refractivity contribution in [3.63, 3.8) is 0 Å². The molecule has 1 heterocycles. The molecule has 2 aromatic rings. The monoisotopic (exact) mass is 377 g/mol. The summed E-state index contributed by atoms with van der Waals surface area (Å²) >= 11 is 0. The quantitative estimate of drug-likeness (QED) is 0.763. The summed E-state index contributed by atoms with van der Waals surface area (Å²) in [5.41, 5.74) is 3.68. The molecule has 0 bridgehead atoms. The molecule has 1 N–H and O–H groups in total. The second-order valence-electron chi connectivity index (χ2n) is 6.50. The average molecular weight is 378 g/mol. The number of benzene rings is 1. The summed E-state index contributed by atoms with van der Waals surface area (Å²) in [7, 11) is -1.36. The van der Waals surface area contributed by atoms with E-state index in [1.165, 1.54) is 6.26 Å². The number of hydrogen-bond donors (Lipinski definition) is 1. The average Bonchev–Trinajstić information content (AvgIpc) is 2.88. The number of rotatable bonds is 8. The Kier molecular flexibility index (Phi) is 6.58. The molecule has 0 saturated heterocycles. The molecule has 1 aromatic heterocycles. The van der Waals surface area contributed by atoms with Crippen LogP contribution in [0.4, 0.5) is 0 Å². The molecule has 0 spiro atoms. The molecule has 1 aromatic carbocycles. The van der Waals surface area contributed by atoms with Crippen molar-refractivity contribution in [2.24, 2.45) is 7.05 Å². The lowest BCUT2D eigenvalue weighted by Crippen LogP contribution is -2.34. The smallest absolute Gasteiger partial charge is 0.225 e. The predicted octanol–water partition coefficient (Wildman–Crippen LogP) is 1.99. The van der Waals surface area contributed by atoms with E-state index in [2.05, 4.69) is 10.4 Å². The third-order valence-electron chi connectivity index (χ3n) is 4.37. The van der Waals surface area contributed by atoms with Gasteiger partial charge in [-0.3, -0.25) is 9.48 Å². The van der Waals surface area contributed by atoms with Gasteiger partial charge in [0.2, 0.25) is 5.91 Å². The van der Waals surface area contributed by atoms with Crippen molar-refractivity contribution in [1.29, 1.82) is 0 Å². The third kappa shape index (κ3) is 5.17. The first-order valence-electron chi connectivity index (χ1n) is 8.80. The summed E-state index contributed by atoms with van der Waals surface area (Å²) in [5.74, 6) is -0.322. The molecule has 0 aliphatic rings. The molecule has 0 saturated carbocycles. The Labute approximate surface area is 155 Å². The lowest BCUT2D eigenvalue weighted by molar-refractivity contribution is -0.121. The van der Waals surface area contributed by atoms with Gasteiger partial charge in [-0.25, -0.2) is 8.42 Å². The molecular weight excluding hydrogens is 350 g/mol. The summed E-state index contributed by atoms with van der Waals surface area (Å²) in [5, 5.41) is 7.39. The van der Waals surface area contributed by atoms with Gasteiger partial charge in [0.25, 0.3) is 0 Å². The van der Waals surface area contributed by atoms with Crippen LogP contribution in [0.25, 0.3) is 0 Å². The van der Waals surface area contributed by atoms with E-state index in [0.717, 1.165) is 35.4 Å². The van der Waals surface area contributed by atoms with Crippen LogP contribution in [0.1, 0.15) is 42.4 Å². The molecular formula is C19H27N3O3S. The van der Waals surface area contributed by atoms with E-state index in [-0.39, 0.29) is 18.1 Å². The van der Waals surface area contributed by atoms with Crippen LogP contribution in [-0.4, -0.2) is 36.1 Å². The standard InChI is InChI=1S/C19H27N3O3S/c1-5-16-15(18(6-2)22(3)21-16)12-19(23)20-17(13-26(4,24)25)14-10-8-7-9-11-14/h7-11,17H,5-6,12-13H2,1-4H3,(H,20,23)/t17-/m1/s1. The van der Waals surface area contributed by atoms with Gasteiger partial charge in [-0.15, -0.1) is 0 Å². The Morgan fingerprint density at radius 1 is 1.19 bits per heavy atom. The van der Waals surface area contributed by atoms with E-state index < -0.39 is 15.9 Å². The third-order valence-corrected chi connectivity index (χ3v) is 5.31. The first-order chi connectivity index (χ1) is 12.2. The number of amides is 1. The summed E-state index contributed by atoms with van der Waals surface area (Å²) in [6.07, 6.45) is 2.92. The lowest BCUT2D eigenvalue weighted by atomic mass is 10.0. The minimum atomic E-state index is -3.24. The van der Waals surface area contributed by atoms with Gasteiger partial charge in [-0.1, -0.05) is 44.2 Å². The van der Waals surface area contributed by atoms with Gasteiger partial charge in [-0.2, -0.15) is 5.10 Å². The molecule has 6 nitrogen and oxygen atoms in total. The van der Waals surface area contributed by atoms with Crippen molar-refractivity contribution in [2.75, 3.05) is 12.0 Å². The normalized spacial score (nSPS) is 12.8. The van der Waals surface area contributed by atoms with Crippen LogP contribution in [0.2, 0.25) is 0 Å². The van der Waals surface area contributed by atoms with Crippen LogP contribution >= 0.6 is 0 Å². The number of aromatic nitrogens is 2. The molecule has 0 fully saturated rings. The van der Waals surface area contributed by atoms with Crippen molar-refractivity contribution < 1.29 is 13.2 Å². The number of nitrogens with one attached hydrogen (secondary N) is 1. The maximum atomic E-state index is 12.7. The van der Waals surface area contributed by atoms with Crippen molar-refractivity contribution >= 4 is 15.7 Å². The van der Waals surface area contributed by atoms with E-state index in [1.54, 1.807) is 0 Å². The Balaban J connectivity index is 2.23. The van der Waals surface area contributed by atoms with Crippen molar-refractivity contribution in [3.8, 4) is 0 Å². The minimum Gasteiger partial charge on any atom is -0.348 e. The Morgan fingerprint density at radius 2 is 1.85 bits per heavy atom. The lowest BCUT2D eigenvalue weighted by Gasteiger charge is -2.18. The summed E-state index contributed by atoms with van der Waals surface area (Å²) in [4.78, 5) is 12.7. The van der Waals surface area contributed by atoms with Crippen LogP contribution in [0.15, 0.2) is 30.3 Å². The van der Waals surface area contributed by atoms with Crippen molar-refractivity contribution in [3.05, 3.63) is 52.8 Å². The molecule has 1 atom stereocenters. The highest BCUT2D eigenvalue weighted by atomic mass is 32.2. The zero-order chi connectivity index (χ0) is 19.3. The van der Waals surface area contributed by atoms with E-state index in [9.17, 15) is 13.2 Å². The second kappa shape index (κ2) is 8.49. The first kappa shape index (κ1) is 20.2. The fourth-order valence-electron chi connectivity index (χ4n) is 3.21. The highest BCUT2D eigenvalue weighted by Gasteiger charge is 2.22. The fourth-order valence-corrected chi connectivity index (χ4v) is 4.09. The van der Waals surface area contributed by atoms with Crippen molar-refractivity contribution in [1.82, 2.24) is 15.1 Å². The number of sulfone groups is 1. The van der Waals surface area contributed by atoms with Gasteiger partial charge in [0.1, 0.15) is 9.84 Å².